The molecule has 0 fully saturated rings. The van der Waals surface area contributed by atoms with Crippen LogP contribution in [0.3, 0.4) is 0 Å². The minimum absolute atomic E-state index is 0.722. The Hall–Kier alpha value is -0.300. The van der Waals surface area contributed by atoms with E-state index in [0.29, 0.717) is 0 Å². The molecule has 0 saturated carbocycles. The standard InChI is InChI=1S/C7H13O/c1-4-7(3)6-8-5-2/h4H,1,5-6H2,2-3H3. The van der Waals surface area contributed by atoms with Gasteiger partial charge in [-0.1, -0.05) is 11.6 Å². The number of hydrogen-bond donors (Lipinski definition) is 0. The first-order valence-corrected chi connectivity index (χ1v) is 2.83. The summed E-state index contributed by atoms with van der Waals surface area (Å²) in [4.78, 5) is 0. The SMILES string of the molecule is [CH2]C=C(C)COCC. The van der Waals surface area contributed by atoms with E-state index in [1.807, 2.05) is 19.9 Å². The third-order valence-corrected chi connectivity index (χ3v) is 0.882. The summed E-state index contributed by atoms with van der Waals surface area (Å²) in [5.74, 6) is 0. The van der Waals surface area contributed by atoms with Gasteiger partial charge < -0.3 is 4.74 Å². The molecule has 0 aliphatic rings. The molecule has 1 heteroatoms. The summed E-state index contributed by atoms with van der Waals surface area (Å²) in [6.07, 6.45) is 1.82. The van der Waals surface area contributed by atoms with E-state index in [0.717, 1.165) is 13.2 Å². The number of ether oxygens (including phenoxy) is 1. The second kappa shape index (κ2) is 4.85. The summed E-state index contributed by atoms with van der Waals surface area (Å²) >= 11 is 0. The predicted molar refractivity (Wildman–Crippen MR) is 35.6 cm³/mol. The van der Waals surface area contributed by atoms with Crippen molar-refractivity contribution in [3.8, 4) is 0 Å². The maximum atomic E-state index is 5.08. The lowest BCUT2D eigenvalue weighted by Crippen LogP contribution is -1.93. The summed E-state index contributed by atoms with van der Waals surface area (Å²) in [5, 5.41) is 0. The Bertz CT molecular complexity index is 74.5. The van der Waals surface area contributed by atoms with Crippen molar-refractivity contribution >= 4 is 0 Å². The number of allylic oxidation sites excluding steroid dienone is 1. The Balaban J connectivity index is 3.12. The molecule has 0 saturated heterocycles. The fourth-order valence-electron chi connectivity index (χ4n) is 0.322. The molecule has 0 atom stereocenters. The highest BCUT2D eigenvalue weighted by Crippen LogP contribution is 1.90. The van der Waals surface area contributed by atoms with Crippen molar-refractivity contribution < 1.29 is 4.74 Å². The topological polar surface area (TPSA) is 9.23 Å². The van der Waals surface area contributed by atoms with Crippen LogP contribution in [-0.4, -0.2) is 13.2 Å². The van der Waals surface area contributed by atoms with Crippen molar-refractivity contribution in [2.75, 3.05) is 13.2 Å². The second-order valence-corrected chi connectivity index (χ2v) is 1.69. The first-order valence-electron chi connectivity index (χ1n) is 2.83. The Morgan fingerprint density at radius 3 is 2.75 bits per heavy atom. The van der Waals surface area contributed by atoms with Crippen LogP contribution >= 0.6 is 0 Å². The molecule has 8 heavy (non-hydrogen) atoms. The Morgan fingerprint density at radius 2 is 2.38 bits per heavy atom. The molecule has 0 unspecified atom stereocenters. The third kappa shape index (κ3) is 3.88. The highest BCUT2D eigenvalue weighted by atomic mass is 16.5. The van der Waals surface area contributed by atoms with Crippen molar-refractivity contribution in [3.63, 3.8) is 0 Å². The summed E-state index contributed by atoms with van der Waals surface area (Å²) in [5.41, 5.74) is 1.19. The van der Waals surface area contributed by atoms with Crippen LogP contribution in [0.4, 0.5) is 0 Å². The summed E-state index contributed by atoms with van der Waals surface area (Å²) in [6.45, 7) is 9.09. The van der Waals surface area contributed by atoms with Gasteiger partial charge in [0.05, 0.1) is 6.61 Å². The molecule has 0 aliphatic heterocycles. The molecule has 0 aromatic heterocycles. The molecule has 0 aromatic rings. The fourth-order valence-corrected chi connectivity index (χ4v) is 0.322. The quantitative estimate of drug-likeness (QED) is 0.542. The van der Waals surface area contributed by atoms with Crippen LogP contribution in [0.2, 0.25) is 0 Å². The molecule has 0 spiro atoms. The molecular formula is C7H13O. The van der Waals surface area contributed by atoms with Gasteiger partial charge in [-0.05, 0) is 20.8 Å². The van der Waals surface area contributed by atoms with E-state index in [1.54, 1.807) is 0 Å². The average Bonchev–Trinajstić information content (AvgIpc) is 1.83. The van der Waals surface area contributed by atoms with Crippen LogP contribution in [0.15, 0.2) is 11.6 Å². The van der Waals surface area contributed by atoms with Crippen molar-refractivity contribution in [2.24, 2.45) is 0 Å². The smallest absolute Gasteiger partial charge is 0.0673 e. The van der Waals surface area contributed by atoms with Gasteiger partial charge in [-0.25, -0.2) is 0 Å². The summed E-state index contributed by atoms with van der Waals surface area (Å²) < 4.78 is 5.08. The van der Waals surface area contributed by atoms with Crippen molar-refractivity contribution in [1.82, 2.24) is 0 Å². The van der Waals surface area contributed by atoms with Gasteiger partial charge in [-0.3, -0.25) is 0 Å². The van der Waals surface area contributed by atoms with Crippen LogP contribution in [0, 0.1) is 6.92 Å². The van der Waals surface area contributed by atoms with Crippen LogP contribution < -0.4 is 0 Å². The normalized spacial score (nSPS) is 12.1. The minimum atomic E-state index is 0.722. The van der Waals surface area contributed by atoms with Crippen LogP contribution in [0.1, 0.15) is 13.8 Å². The predicted octanol–water partition coefficient (Wildman–Crippen LogP) is 1.80. The number of rotatable bonds is 3. The average molecular weight is 113 g/mol. The van der Waals surface area contributed by atoms with Crippen LogP contribution in [-0.2, 0) is 4.74 Å². The van der Waals surface area contributed by atoms with E-state index in [4.69, 9.17) is 4.74 Å². The van der Waals surface area contributed by atoms with Gasteiger partial charge in [0.2, 0.25) is 0 Å². The first-order chi connectivity index (χ1) is 3.81. The van der Waals surface area contributed by atoms with E-state index in [9.17, 15) is 0 Å². The molecule has 0 aliphatic carbocycles. The molecule has 0 N–H and O–H groups in total. The van der Waals surface area contributed by atoms with E-state index in [-0.39, 0.29) is 0 Å². The zero-order valence-corrected chi connectivity index (χ0v) is 5.61. The molecule has 0 amide bonds. The summed E-state index contributed by atoms with van der Waals surface area (Å²) in [7, 11) is 0. The monoisotopic (exact) mass is 113 g/mol. The molecule has 1 nitrogen and oxygen atoms in total. The van der Waals surface area contributed by atoms with E-state index < -0.39 is 0 Å². The number of hydrogen-bond acceptors (Lipinski definition) is 1. The van der Waals surface area contributed by atoms with E-state index in [2.05, 4.69) is 6.92 Å². The molecule has 0 aromatic carbocycles. The fraction of sp³-hybridized carbons (Fsp3) is 0.571. The van der Waals surface area contributed by atoms with E-state index in [1.165, 1.54) is 5.57 Å². The lowest BCUT2D eigenvalue weighted by Gasteiger charge is -1.97. The Kier molecular flexibility index (Phi) is 4.67. The van der Waals surface area contributed by atoms with Gasteiger partial charge >= 0.3 is 0 Å². The lowest BCUT2D eigenvalue weighted by molar-refractivity contribution is 0.171. The van der Waals surface area contributed by atoms with Gasteiger partial charge in [0, 0.05) is 6.61 Å². The molecule has 0 heterocycles. The van der Waals surface area contributed by atoms with Crippen molar-refractivity contribution in [1.29, 1.82) is 0 Å². The first kappa shape index (κ1) is 7.70. The molecule has 0 bridgehead atoms. The van der Waals surface area contributed by atoms with Gasteiger partial charge in [0.25, 0.3) is 0 Å². The molecule has 0 rings (SSSR count). The van der Waals surface area contributed by atoms with Crippen molar-refractivity contribution in [2.45, 2.75) is 13.8 Å². The Morgan fingerprint density at radius 1 is 1.75 bits per heavy atom. The van der Waals surface area contributed by atoms with Crippen LogP contribution in [0.5, 0.6) is 0 Å². The highest BCUT2D eigenvalue weighted by Gasteiger charge is 1.82. The van der Waals surface area contributed by atoms with Gasteiger partial charge in [-0.15, -0.1) is 0 Å². The Labute approximate surface area is 51.4 Å². The van der Waals surface area contributed by atoms with E-state index >= 15 is 0 Å². The molecule has 47 valence electrons. The van der Waals surface area contributed by atoms with Crippen molar-refractivity contribution in [3.05, 3.63) is 18.6 Å². The molecular weight excluding hydrogens is 100 g/mol. The second-order valence-electron chi connectivity index (χ2n) is 1.69. The third-order valence-electron chi connectivity index (χ3n) is 0.882. The lowest BCUT2D eigenvalue weighted by atomic mass is 10.3. The highest BCUT2D eigenvalue weighted by molar-refractivity contribution is 4.99. The maximum Gasteiger partial charge on any atom is 0.0673 e. The zero-order chi connectivity index (χ0) is 6.41. The largest absolute Gasteiger partial charge is 0.377 e. The molecule has 1 radical (unpaired) electrons. The van der Waals surface area contributed by atoms with Gasteiger partial charge in [0.1, 0.15) is 0 Å². The summed E-state index contributed by atoms with van der Waals surface area (Å²) in [6, 6.07) is 0. The zero-order valence-electron chi connectivity index (χ0n) is 5.61. The van der Waals surface area contributed by atoms with Crippen LogP contribution in [0.25, 0.3) is 0 Å². The van der Waals surface area contributed by atoms with Gasteiger partial charge in [-0.2, -0.15) is 0 Å². The minimum Gasteiger partial charge on any atom is -0.377 e. The van der Waals surface area contributed by atoms with Gasteiger partial charge in [0.15, 0.2) is 0 Å². The maximum absolute atomic E-state index is 5.08.